The minimum Gasteiger partial charge on any atom is -0.333 e. The van der Waals surface area contributed by atoms with E-state index in [1.165, 1.54) is 0 Å². The summed E-state index contributed by atoms with van der Waals surface area (Å²) in [5, 5.41) is 3.44. The lowest BCUT2D eigenvalue weighted by molar-refractivity contribution is -0.136. The molecule has 0 fully saturated rings. The monoisotopic (exact) mass is 420 g/mol. The van der Waals surface area contributed by atoms with E-state index in [2.05, 4.69) is 19.2 Å². The fourth-order valence-electron chi connectivity index (χ4n) is 3.12. The number of carbonyl (C=O) groups is 2. The molecule has 4 nitrogen and oxygen atoms in total. The van der Waals surface area contributed by atoms with Crippen LogP contribution in [0.3, 0.4) is 0 Å². The van der Waals surface area contributed by atoms with Crippen LogP contribution in [-0.2, 0) is 9.59 Å². The van der Waals surface area contributed by atoms with Gasteiger partial charge in [-0.15, -0.1) is 0 Å². The van der Waals surface area contributed by atoms with E-state index in [4.69, 9.17) is 23.2 Å². The number of rotatable bonds is 8. The lowest BCUT2D eigenvalue weighted by atomic mass is 9.84. The van der Waals surface area contributed by atoms with Crippen molar-refractivity contribution in [1.82, 2.24) is 4.90 Å². The van der Waals surface area contributed by atoms with E-state index in [0.717, 1.165) is 12.0 Å². The van der Waals surface area contributed by atoms with Gasteiger partial charge in [-0.2, -0.15) is 0 Å². The van der Waals surface area contributed by atoms with Crippen LogP contribution in [0.15, 0.2) is 48.5 Å². The van der Waals surface area contributed by atoms with E-state index >= 15 is 0 Å². The maximum absolute atomic E-state index is 13.3. The van der Waals surface area contributed by atoms with Crippen LogP contribution in [0.5, 0.6) is 0 Å². The fraction of sp³-hybridized carbons (Fsp3) is 0.364. The Balaban J connectivity index is 2.18. The van der Waals surface area contributed by atoms with Crippen LogP contribution in [-0.4, -0.2) is 29.8 Å². The number of hydrogen-bond donors (Lipinski definition) is 1. The van der Waals surface area contributed by atoms with Gasteiger partial charge in [-0.25, -0.2) is 0 Å². The minimum absolute atomic E-state index is 0.0524. The standard InChI is InChI=1S/C22H26Cl2N2O2/c1-4-15(3)20(16-10-7-6-8-11-16)22(28)26(5-2)14-19(27)25-21-17(23)12-9-13-18(21)24/h6-13,15,20H,4-5,14H2,1-3H3,(H,25,27). The van der Waals surface area contributed by atoms with Crippen molar-refractivity contribution in [3.8, 4) is 0 Å². The number of amides is 2. The van der Waals surface area contributed by atoms with E-state index in [1.807, 2.05) is 37.3 Å². The highest BCUT2D eigenvalue weighted by Crippen LogP contribution is 2.31. The molecule has 2 aromatic rings. The first kappa shape index (κ1) is 22.3. The first-order valence-corrected chi connectivity index (χ1v) is 10.2. The lowest BCUT2D eigenvalue weighted by Gasteiger charge is -2.29. The summed E-state index contributed by atoms with van der Waals surface area (Å²) in [6.45, 7) is 6.37. The number of nitrogens with one attached hydrogen (secondary N) is 1. The number of halogens is 2. The first-order valence-electron chi connectivity index (χ1n) is 9.46. The van der Waals surface area contributed by atoms with Crippen LogP contribution in [0, 0.1) is 5.92 Å². The number of anilines is 1. The van der Waals surface area contributed by atoms with Gasteiger partial charge in [0.15, 0.2) is 0 Å². The Morgan fingerprint density at radius 3 is 2.14 bits per heavy atom. The highest BCUT2D eigenvalue weighted by Gasteiger charge is 2.30. The third-order valence-electron chi connectivity index (χ3n) is 4.89. The third-order valence-corrected chi connectivity index (χ3v) is 5.52. The highest BCUT2D eigenvalue weighted by atomic mass is 35.5. The van der Waals surface area contributed by atoms with Crippen molar-refractivity contribution in [2.24, 2.45) is 5.92 Å². The lowest BCUT2D eigenvalue weighted by Crippen LogP contribution is -2.42. The van der Waals surface area contributed by atoms with E-state index in [1.54, 1.807) is 23.1 Å². The van der Waals surface area contributed by atoms with Crippen molar-refractivity contribution in [3.05, 3.63) is 64.1 Å². The Bertz CT molecular complexity index is 791. The summed E-state index contributed by atoms with van der Waals surface area (Å²) in [5.41, 5.74) is 1.33. The topological polar surface area (TPSA) is 49.4 Å². The van der Waals surface area contributed by atoms with Crippen LogP contribution >= 0.6 is 23.2 Å². The Labute approximate surface area is 176 Å². The number of carbonyl (C=O) groups excluding carboxylic acids is 2. The molecule has 150 valence electrons. The van der Waals surface area contributed by atoms with Gasteiger partial charge < -0.3 is 10.2 Å². The number of para-hydroxylation sites is 1. The molecule has 0 aliphatic heterocycles. The van der Waals surface area contributed by atoms with Gasteiger partial charge in [0, 0.05) is 6.54 Å². The second-order valence-electron chi connectivity index (χ2n) is 6.77. The van der Waals surface area contributed by atoms with E-state index in [0.29, 0.717) is 22.3 Å². The summed E-state index contributed by atoms with van der Waals surface area (Å²) >= 11 is 12.2. The molecule has 0 aromatic heterocycles. The molecule has 0 aliphatic carbocycles. The van der Waals surface area contributed by atoms with Gasteiger partial charge in [0.1, 0.15) is 0 Å². The van der Waals surface area contributed by atoms with Gasteiger partial charge in [0.25, 0.3) is 0 Å². The molecular weight excluding hydrogens is 395 g/mol. The minimum atomic E-state index is -0.332. The number of nitrogens with zero attached hydrogens (tertiary/aromatic N) is 1. The number of hydrogen-bond acceptors (Lipinski definition) is 2. The molecule has 28 heavy (non-hydrogen) atoms. The predicted octanol–water partition coefficient (Wildman–Crippen LogP) is 5.61. The van der Waals surface area contributed by atoms with Crippen LogP contribution in [0.1, 0.15) is 38.7 Å². The fourth-order valence-corrected chi connectivity index (χ4v) is 3.61. The molecule has 0 bridgehead atoms. The smallest absolute Gasteiger partial charge is 0.244 e. The summed E-state index contributed by atoms with van der Waals surface area (Å²) in [6.07, 6.45) is 0.865. The van der Waals surface area contributed by atoms with Crippen LogP contribution in [0.2, 0.25) is 10.0 Å². The predicted molar refractivity (Wildman–Crippen MR) is 116 cm³/mol. The summed E-state index contributed by atoms with van der Waals surface area (Å²) in [5.74, 6) is -0.516. The SMILES string of the molecule is CCC(C)C(C(=O)N(CC)CC(=O)Nc1c(Cl)cccc1Cl)c1ccccc1. The molecule has 6 heteroatoms. The molecular formula is C22H26Cl2N2O2. The molecule has 0 saturated carbocycles. The Morgan fingerprint density at radius 1 is 1.00 bits per heavy atom. The van der Waals surface area contributed by atoms with Crippen molar-refractivity contribution in [3.63, 3.8) is 0 Å². The van der Waals surface area contributed by atoms with Crippen molar-refractivity contribution >= 4 is 40.7 Å². The summed E-state index contributed by atoms with van der Waals surface area (Å²) in [7, 11) is 0. The zero-order valence-corrected chi connectivity index (χ0v) is 17.9. The van der Waals surface area contributed by atoms with Crippen LogP contribution in [0.25, 0.3) is 0 Å². The largest absolute Gasteiger partial charge is 0.333 e. The van der Waals surface area contributed by atoms with Gasteiger partial charge in [-0.3, -0.25) is 9.59 Å². The summed E-state index contributed by atoms with van der Waals surface area (Å²) in [6, 6.07) is 14.7. The molecule has 0 heterocycles. The van der Waals surface area contributed by atoms with Gasteiger partial charge in [-0.05, 0) is 30.5 Å². The molecule has 0 spiro atoms. The van der Waals surface area contributed by atoms with Gasteiger partial charge in [0.05, 0.1) is 28.2 Å². The zero-order chi connectivity index (χ0) is 20.7. The van der Waals surface area contributed by atoms with Crippen LogP contribution in [0.4, 0.5) is 5.69 Å². The zero-order valence-electron chi connectivity index (χ0n) is 16.4. The Morgan fingerprint density at radius 2 is 1.61 bits per heavy atom. The molecule has 0 radical (unpaired) electrons. The Kier molecular flexibility index (Phi) is 8.34. The average Bonchev–Trinajstić information content (AvgIpc) is 2.69. The van der Waals surface area contributed by atoms with Crippen molar-refractivity contribution in [1.29, 1.82) is 0 Å². The van der Waals surface area contributed by atoms with Crippen molar-refractivity contribution in [2.45, 2.75) is 33.1 Å². The van der Waals surface area contributed by atoms with Crippen LogP contribution < -0.4 is 5.32 Å². The highest BCUT2D eigenvalue weighted by molar-refractivity contribution is 6.39. The third kappa shape index (κ3) is 5.49. The molecule has 2 atom stereocenters. The average molecular weight is 421 g/mol. The van der Waals surface area contributed by atoms with E-state index in [-0.39, 0.29) is 30.2 Å². The van der Waals surface area contributed by atoms with Crippen molar-refractivity contribution < 1.29 is 9.59 Å². The molecule has 2 unspecified atom stereocenters. The van der Waals surface area contributed by atoms with E-state index < -0.39 is 0 Å². The molecule has 0 aliphatic rings. The molecule has 2 aromatic carbocycles. The second kappa shape index (κ2) is 10.5. The normalized spacial score (nSPS) is 12.9. The Hall–Kier alpha value is -2.04. The first-order chi connectivity index (χ1) is 13.4. The summed E-state index contributed by atoms with van der Waals surface area (Å²) < 4.78 is 0. The summed E-state index contributed by atoms with van der Waals surface area (Å²) in [4.78, 5) is 27.4. The number of benzene rings is 2. The second-order valence-corrected chi connectivity index (χ2v) is 7.59. The molecule has 1 N–H and O–H groups in total. The van der Waals surface area contributed by atoms with Crippen molar-refractivity contribution in [2.75, 3.05) is 18.4 Å². The maximum atomic E-state index is 13.3. The number of likely N-dealkylation sites (N-methyl/N-ethyl adjacent to an activating group) is 1. The molecule has 2 rings (SSSR count). The van der Waals surface area contributed by atoms with Gasteiger partial charge in [0.2, 0.25) is 11.8 Å². The van der Waals surface area contributed by atoms with Gasteiger partial charge in [-0.1, -0.05) is 79.9 Å². The van der Waals surface area contributed by atoms with Gasteiger partial charge >= 0.3 is 0 Å². The van der Waals surface area contributed by atoms with E-state index in [9.17, 15) is 9.59 Å². The molecule has 0 saturated heterocycles. The molecule has 2 amide bonds. The maximum Gasteiger partial charge on any atom is 0.244 e. The quantitative estimate of drug-likeness (QED) is 0.602.